The first-order chi connectivity index (χ1) is 17.3. The average Bonchev–Trinajstić information content (AvgIpc) is 3.59. The number of nitrogens with zero attached hydrogens (tertiary/aromatic N) is 4. The fourth-order valence-corrected chi connectivity index (χ4v) is 3.92. The van der Waals surface area contributed by atoms with Crippen LogP contribution >= 0.6 is 0 Å². The number of pyridine rings is 2. The number of hydrogen-bond acceptors (Lipinski definition) is 7. The highest BCUT2D eigenvalue weighted by molar-refractivity contribution is 5.97. The van der Waals surface area contributed by atoms with E-state index in [-0.39, 0.29) is 35.2 Å². The molecule has 9 nitrogen and oxygen atoms in total. The smallest absolute Gasteiger partial charge is 0.257 e. The number of carbonyl (C=O) groups is 1. The van der Waals surface area contributed by atoms with Gasteiger partial charge in [0.25, 0.3) is 5.91 Å². The van der Waals surface area contributed by atoms with Gasteiger partial charge in [-0.05, 0) is 55.5 Å². The van der Waals surface area contributed by atoms with Crippen LogP contribution in [-0.2, 0) is 6.54 Å². The average molecular weight is 495 g/mol. The van der Waals surface area contributed by atoms with Crippen LogP contribution < -0.4 is 20.5 Å². The lowest BCUT2D eigenvalue weighted by atomic mass is 10.0. The Balaban J connectivity index is 1.42. The molecule has 4 aromatic rings. The van der Waals surface area contributed by atoms with Gasteiger partial charge in [0, 0.05) is 35.6 Å². The van der Waals surface area contributed by atoms with E-state index >= 15 is 0 Å². The first kappa shape index (κ1) is 23.5. The van der Waals surface area contributed by atoms with Crippen LogP contribution in [0.5, 0.6) is 11.6 Å². The molecule has 11 heteroatoms. The summed E-state index contributed by atoms with van der Waals surface area (Å²) in [5, 5.41) is 6.77. The van der Waals surface area contributed by atoms with Gasteiger partial charge >= 0.3 is 0 Å². The fourth-order valence-electron chi connectivity index (χ4n) is 3.92. The van der Waals surface area contributed by atoms with Crippen molar-refractivity contribution in [3.05, 3.63) is 65.0 Å². The molecule has 0 saturated heterocycles. The van der Waals surface area contributed by atoms with Crippen LogP contribution in [0.15, 0.2) is 36.5 Å². The predicted octanol–water partition coefficient (Wildman–Crippen LogP) is 3.69. The molecule has 5 rings (SSSR count). The van der Waals surface area contributed by atoms with Crippen LogP contribution in [0.2, 0.25) is 0 Å². The Morgan fingerprint density at radius 2 is 2.03 bits per heavy atom. The zero-order valence-electron chi connectivity index (χ0n) is 19.7. The maximum absolute atomic E-state index is 14.4. The van der Waals surface area contributed by atoms with Crippen molar-refractivity contribution in [2.24, 2.45) is 5.92 Å². The van der Waals surface area contributed by atoms with Gasteiger partial charge in [-0.1, -0.05) is 0 Å². The maximum Gasteiger partial charge on any atom is 0.257 e. The van der Waals surface area contributed by atoms with Gasteiger partial charge in [0.1, 0.15) is 11.4 Å². The topological polar surface area (TPSA) is 117 Å². The van der Waals surface area contributed by atoms with Crippen molar-refractivity contribution >= 4 is 17.5 Å². The number of nitrogen functional groups attached to an aromatic ring is 1. The number of aryl methyl sites for hydroxylation is 1. The number of amides is 1. The SMILES string of the molecule is COc1nc(C)c(-c2ccn3nc(N)nc3c2)cc1C(=O)NCc1cc(F)cc(F)c1OCC1CC1. The minimum atomic E-state index is -0.804. The number of methoxy groups -OCH3 is 1. The molecule has 3 aromatic heterocycles. The second kappa shape index (κ2) is 9.40. The summed E-state index contributed by atoms with van der Waals surface area (Å²) in [5.74, 6) is -1.49. The highest BCUT2D eigenvalue weighted by atomic mass is 19.1. The molecule has 0 unspecified atom stereocenters. The Kier molecular flexibility index (Phi) is 6.13. The maximum atomic E-state index is 14.4. The summed E-state index contributed by atoms with van der Waals surface area (Å²) >= 11 is 0. The zero-order valence-corrected chi connectivity index (χ0v) is 19.7. The van der Waals surface area contributed by atoms with Gasteiger partial charge in [0.05, 0.1) is 13.7 Å². The Morgan fingerprint density at radius 1 is 1.22 bits per heavy atom. The molecule has 1 aromatic carbocycles. The van der Waals surface area contributed by atoms with Gasteiger partial charge < -0.3 is 20.5 Å². The van der Waals surface area contributed by atoms with Crippen LogP contribution in [-0.4, -0.2) is 39.2 Å². The minimum Gasteiger partial charge on any atom is -0.490 e. The predicted molar refractivity (Wildman–Crippen MR) is 128 cm³/mol. The number of ether oxygens (including phenoxy) is 2. The van der Waals surface area contributed by atoms with Crippen molar-refractivity contribution in [1.82, 2.24) is 24.9 Å². The number of nitrogens with two attached hydrogens (primary N) is 1. The largest absolute Gasteiger partial charge is 0.490 e. The second-order valence-electron chi connectivity index (χ2n) is 8.68. The van der Waals surface area contributed by atoms with E-state index in [2.05, 4.69) is 20.4 Å². The van der Waals surface area contributed by atoms with Crippen molar-refractivity contribution < 1.29 is 23.0 Å². The standard InChI is InChI=1S/C25H24F2N6O3/c1-13-18(15-5-6-33-21(8-15)31-25(28)32-33)10-19(24(30-13)35-2)23(34)29-11-16-7-17(26)9-20(27)22(16)36-12-14-3-4-14/h5-10,14H,3-4,11-12H2,1-2H3,(H2,28,32)(H,29,34). The van der Waals surface area contributed by atoms with Crippen LogP contribution in [0, 0.1) is 24.5 Å². The van der Waals surface area contributed by atoms with Gasteiger partial charge in [-0.15, -0.1) is 5.10 Å². The second-order valence-corrected chi connectivity index (χ2v) is 8.68. The lowest BCUT2D eigenvalue weighted by Gasteiger charge is -2.15. The Morgan fingerprint density at radius 3 is 2.78 bits per heavy atom. The fraction of sp³-hybridized carbons (Fsp3) is 0.280. The van der Waals surface area contributed by atoms with Crippen molar-refractivity contribution in [2.45, 2.75) is 26.3 Å². The Hall–Kier alpha value is -4.28. The minimum absolute atomic E-state index is 0.0563. The number of rotatable bonds is 8. The molecule has 1 saturated carbocycles. The summed E-state index contributed by atoms with van der Waals surface area (Å²) in [6.45, 7) is 2.00. The number of aromatic nitrogens is 4. The van der Waals surface area contributed by atoms with Crippen LogP contribution in [0.3, 0.4) is 0 Å². The molecule has 3 heterocycles. The van der Waals surface area contributed by atoms with E-state index < -0.39 is 17.5 Å². The molecule has 1 aliphatic carbocycles. The number of anilines is 1. The third kappa shape index (κ3) is 4.77. The summed E-state index contributed by atoms with van der Waals surface area (Å²) in [6, 6.07) is 7.16. The zero-order chi connectivity index (χ0) is 25.4. The van der Waals surface area contributed by atoms with E-state index in [1.807, 2.05) is 0 Å². The summed E-state index contributed by atoms with van der Waals surface area (Å²) in [6.07, 6.45) is 3.75. The summed E-state index contributed by atoms with van der Waals surface area (Å²) < 4.78 is 40.8. The van der Waals surface area contributed by atoms with E-state index in [4.69, 9.17) is 15.2 Å². The molecule has 0 bridgehead atoms. The van der Waals surface area contributed by atoms with Crippen molar-refractivity contribution in [3.8, 4) is 22.8 Å². The number of halogens is 2. The first-order valence-electron chi connectivity index (χ1n) is 11.4. The quantitative estimate of drug-likeness (QED) is 0.384. The van der Waals surface area contributed by atoms with Crippen molar-refractivity contribution in [3.63, 3.8) is 0 Å². The van der Waals surface area contributed by atoms with Gasteiger partial charge in [0.2, 0.25) is 11.8 Å². The molecule has 1 aliphatic rings. The monoisotopic (exact) mass is 494 g/mol. The summed E-state index contributed by atoms with van der Waals surface area (Å²) in [7, 11) is 1.41. The normalized spacial score (nSPS) is 13.1. The molecular weight excluding hydrogens is 470 g/mol. The summed E-state index contributed by atoms with van der Waals surface area (Å²) in [5.41, 5.74) is 8.64. The van der Waals surface area contributed by atoms with Gasteiger partial charge in [0.15, 0.2) is 17.2 Å². The van der Waals surface area contributed by atoms with Gasteiger partial charge in [-0.3, -0.25) is 4.79 Å². The highest BCUT2D eigenvalue weighted by Crippen LogP contribution is 2.32. The molecular formula is C25H24F2N6O3. The van der Waals surface area contributed by atoms with Crippen molar-refractivity contribution in [2.75, 3.05) is 19.5 Å². The van der Waals surface area contributed by atoms with E-state index in [1.54, 1.807) is 35.8 Å². The van der Waals surface area contributed by atoms with Crippen LogP contribution in [0.25, 0.3) is 16.8 Å². The lowest BCUT2D eigenvalue weighted by Crippen LogP contribution is -2.24. The van der Waals surface area contributed by atoms with Gasteiger partial charge in [-0.2, -0.15) is 4.98 Å². The summed E-state index contributed by atoms with van der Waals surface area (Å²) in [4.78, 5) is 21.8. The highest BCUT2D eigenvalue weighted by Gasteiger charge is 2.24. The third-order valence-corrected chi connectivity index (χ3v) is 5.97. The van der Waals surface area contributed by atoms with Crippen LogP contribution in [0.4, 0.5) is 14.7 Å². The molecule has 0 radical (unpaired) electrons. The number of carbonyl (C=O) groups excluding carboxylic acids is 1. The lowest BCUT2D eigenvalue weighted by molar-refractivity contribution is 0.0946. The van der Waals surface area contributed by atoms with Crippen LogP contribution in [0.1, 0.15) is 34.5 Å². The van der Waals surface area contributed by atoms with E-state index in [0.29, 0.717) is 29.4 Å². The van der Waals surface area contributed by atoms with E-state index in [1.165, 1.54) is 7.11 Å². The number of benzene rings is 1. The molecule has 0 spiro atoms. The molecule has 1 amide bonds. The Bertz CT molecular complexity index is 1470. The number of hydrogen-bond donors (Lipinski definition) is 2. The van der Waals surface area contributed by atoms with Crippen molar-refractivity contribution in [1.29, 1.82) is 0 Å². The van der Waals surface area contributed by atoms with Gasteiger partial charge in [-0.25, -0.2) is 18.3 Å². The Labute approximate surface area is 205 Å². The number of fused-ring (bicyclic) bond motifs is 1. The third-order valence-electron chi connectivity index (χ3n) is 5.97. The molecule has 36 heavy (non-hydrogen) atoms. The molecule has 3 N–H and O–H groups in total. The van der Waals surface area contributed by atoms with E-state index in [0.717, 1.165) is 30.5 Å². The molecule has 186 valence electrons. The van der Waals surface area contributed by atoms with E-state index in [9.17, 15) is 13.6 Å². The number of nitrogens with one attached hydrogen (secondary N) is 1. The molecule has 0 atom stereocenters. The first-order valence-corrected chi connectivity index (χ1v) is 11.4. The molecule has 0 aliphatic heterocycles. The molecule has 1 fully saturated rings.